The van der Waals surface area contributed by atoms with Gasteiger partial charge in [-0.2, -0.15) is 0 Å². The summed E-state index contributed by atoms with van der Waals surface area (Å²) in [5.41, 5.74) is 1.75. The zero-order valence-electron chi connectivity index (χ0n) is 12.4. The van der Waals surface area contributed by atoms with Crippen molar-refractivity contribution in [2.75, 3.05) is 0 Å². The number of hydrogen-bond acceptors (Lipinski definition) is 2. The van der Waals surface area contributed by atoms with Crippen molar-refractivity contribution < 1.29 is 9.21 Å². The van der Waals surface area contributed by atoms with E-state index in [0.717, 1.165) is 11.1 Å². The minimum absolute atomic E-state index is 0.101. The van der Waals surface area contributed by atoms with Crippen LogP contribution in [0.3, 0.4) is 0 Å². The molecule has 0 saturated carbocycles. The number of amides is 1. The summed E-state index contributed by atoms with van der Waals surface area (Å²) in [7, 11) is 0. The van der Waals surface area contributed by atoms with E-state index in [4.69, 9.17) is 4.42 Å². The Hall–Kier alpha value is -3.07. The van der Waals surface area contributed by atoms with Crippen molar-refractivity contribution in [3.05, 3.63) is 102 Å². The Morgan fingerprint density at radius 3 is 2.17 bits per heavy atom. The largest absolute Gasteiger partial charge is 0.466 e. The van der Waals surface area contributed by atoms with Crippen molar-refractivity contribution in [1.29, 1.82) is 0 Å². The summed E-state index contributed by atoms with van der Waals surface area (Å²) in [5, 5.41) is 3.11. The quantitative estimate of drug-likeness (QED) is 0.801. The third kappa shape index (κ3) is 2.18. The van der Waals surface area contributed by atoms with Gasteiger partial charge in [0.25, 0.3) is 5.91 Å². The third-order valence-electron chi connectivity index (χ3n) is 4.14. The maximum Gasteiger partial charge on any atom is 0.252 e. The van der Waals surface area contributed by atoms with E-state index in [-0.39, 0.29) is 5.91 Å². The van der Waals surface area contributed by atoms with Crippen LogP contribution in [0.1, 0.15) is 16.9 Å². The molecule has 1 amide bonds. The standard InChI is InChI=1S/C20H15NO2/c22-19-17(15-8-3-1-4-9-15)14-20(21-19,18-12-7-13-23-18)16-10-5-2-6-11-16/h1-14H,(H,21,22). The molecule has 0 spiro atoms. The van der Waals surface area contributed by atoms with Gasteiger partial charge in [0.1, 0.15) is 11.3 Å². The summed E-state index contributed by atoms with van der Waals surface area (Å²) >= 11 is 0. The zero-order chi connectivity index (χ0) is 15.7. The average molecular weight is 301 g/mol. The molecule has 1 aliphatic rings. The normalized spacial score (nSPS) is 20.2. The summed E-state index contributed by atoms with van der Waals surface area (Å²) in [5.74, 6) is 0.597. The fourth-order valence-corrected chi connectivity index (χ4v) is 3.03. The van der Waals surface area contributed by atoms with Crippen molar-refractivity contribution in [2.45, 2.75) is 5.54 Å². The molecule has 0 radical (unpaired) electrons. The molecule has 0 aliphatic carbocycles. The first-order valence-corrected chi connectivity index (χ1v) is 7.50. The van der Waals surface area contributed by atoms with E-state index < -0.39 is 5.54 Å². The molecule has 3 aromatic rings. The number of hydrogen-bond donors (Lipinski definition) is 1. The fraction of sp³-hybridized carbons (Fsp3) is 0.0500. The molecular formula is C20H15NO2. The molecule has 1 N–H and O–H groups in total. The first-order chi connectivity index (χ1) is 11.3. The predicted molar refractivity (Wildman–Crippen MR) is 88.5 cm³/mol. The Morgan fingerprint density at radius 1 is 0.826 bits per heavy atom. The van der Waals surface area contributed by atoms with Crippen molar-refractivity contribution >= 4 is 11.5 Å². The first-order valence-electron chi connectivity index (χ1n) is 7.50. The number of carbonyl (C=O) groups excluding carboxylic acids is 1. The lowest BCUT2D eigenvalue weighted by atomic mass is 9.87. The summed E-state index contributed by atoms with van der Waals surface area (Å²) in [4.78, 5) is 12.6. The van der Waals surface area contributed by atoms with Crippen molar-refractivity contribution in [3.63, 3.8) is 0 Å². The van der Waals surface area contributed by atoms with Gasteiger partial charge >= 0.3 is 0 Å². The molecule has 23 heavy (non-hydrogen) atoms. The van der Waals surface area contributed by atoms with Gasteiger partial charge < -0.3 is 9.73 Å². The van der Waals surface area contributed by atoms with Gasteiger partial charge in [-0.05, 0) is 29.3 Å². The molecule has 1 aromatic heterocycles. The Bertz CT molecular complexity index is 851. The van der Waals surface area contributed by atoms with E-state index in [1.54, 1.807) is 6.26 Å². The number of benzene rings is 2. The molecule has 1 aliphatic heterocycles. The molecule has 1 atom stereocenters. The second-order valence-corrected chi connectivity index (χ2v) is 5.53. The van der Waals surface area contributed by atoms with Crippen molar-refractivity contribution in [3.8, 4) is 0 Å². The molecule has 3 nitrogen and oxygen atoms in total. The molecule has 112 valence electrons. The van der Waals surface area contributed by atoms with Gasteiger partial charge in [-0.15, -0.1) is 0 Å². The first kappa shape index (κ1) is 13.6. The highest BCUT2D eigenvalue weighted by Crippen LogP contribution is 2.39. The van der Waals surface area contributed by atoms with E-state index in [0.29, 0.717) is 11.3 Å². The molecule has 2 heterocycles. The summed E-state index contributed by atoms with van der Waals surface area (Å²) in [6.45, 7) is 0. The highest BCUT2D eigenvalue weighted by Gasteiger charge is 2.43. The fourth-order valence-electron chi connectivity index (χ4n) is 3.03. The summed E-state index contributed by atoms with van der Waals surface area (Å²) in [6.07, 6.45) is 3.58. The minimum atomic E-state index is -0.771. The zero-order valence-corrected chi connectivity index (χ0v) is 12.4. The smallest absolute Gasteiger partial charge is 0.252 e. The van der Waals surface area contributed by atoms with Gasteiger partial charge in [-0.1, -0.05) is 60.7 Å². The topological polar surface area (TPSA) is 42.2 Å². The number of carbonyl (C=O) groups is 1. The monoisotopic (exact) mass is 301 g/mol. The van der Waals surface area contributed by atoms with Crippen LogP contribution in [0.15, 0.2) is 89.6 Å². The molecule has 2 aromatic carbocycles. The van der Waals surface area contributed by atoms with Crippen molar-refractivity contribution in [1.82, 2.24) is 5.32 Å². The SMILES string of the molecule is O=C1NC(c2ccccc2)(c2ccco2)C=C1c1ccccc1. The van der Waals surface area contributed by atoms with Gasteiger partial charge in [-0.3, -0.25) is 4.79 Å². The third-order valence-corrected chi connectivity index (χ3v) is 4.14. The molecule has 0 saturated heterocycles. The van der Waals surface area contributed by atoms with Crippen LogP contribution in [0.5, 0.6) is 0 Å². The molecule has 3 heteroatoms. The van der Waals surface area contributed by atoms with E-state index in [9.17, 15) is 4.79 Å². The van der Waals surface area contributed by atoms with Gasteiger partial charge in [0, 0.05) is 5.57 Å². The number of rotatable bonds is 3. The molecule has 0 bridgehead atoms. The maximum absolute atomic E-state index is 12.6. The Kier molecular flexibility index (Phi) is 3.12. The van der Waals surface area contributed by atoms with Gasteiger partial charge in [0.2, 0.25) is 0 Å². The maximum atomic E-state index is 12.6. The Morgan fingerprint density at radius 2 is 1.52 bits per heavy atom. The lowest BCUT2D eigenvalue weighted by Gasteiger charge is -2.26. The second-order valence-electron chi connectivity index (χ2n) is 5.53. The Labute approximate surface area is 134 Å². The van der Waals surface area contributed by atoms with Crippen LogP contribution in [-0.4, -0.2) is 5.91 Å². The second kappa shape index (κ2) is 5.29. The van der Waals surface area contributed by atoms with E-state index in [2.05, 4.69) is 5.32 Å². The molecule has 1 unspecified atom stereocenters. The van der Waals surface area contributed by atoms with Gasteiger partial charge in [-0.25, -0.2) is 0 Å². The lowest BCUT2D eigenvalue weighted by molar-refractivity contribution is -0.116. The van der Waals surface area contributed by atoms with Crippen LogP contribution in [0, 0.1) is 0 Å². The molecule has 4 rings (SSSR count). The van der Waals surface area contributed by atoms with Gasteiger partial charge in [0.05, 0.1) is 6.26 Å². The Balaban J connectivity index is 1.92. The lowest BCUT2D eigenvalue weighted by Crippen LogP contribution is -2.40. The molecule has 0 fully saturated rings. The van der Waals surface area contributed by atoms with Crippen LogP contribution in [0.4, 0.5) is 0 Å². The highest BCUT2D eigenvalue weighted by atomic mass is 16.3. The van der Waals surface area contributed by atoms with Crippen LogP contribution in [0.2, 0.25) is 0 Å². The summed E-state index contributed by atoms with van der Waals surface area (Å²) in [6, 6.07) is 23.3. The highest BCUT2D eigenvalue weighted by molar-refractivity contribution is 6.22. The van der Waals surface area contributed by atoms with E-state index >= 15 is 0 Å². The average Bonchev–Trinajstić information content (AvgIpc) is 3.25. The number of furan rings is 1. The summed E-state index contributed by atoms with van der Waals surface area (Å²) < 4.78 is 5.65. The van der Waals surface area contributed by atoms with Crippen molar-refractivity contribution in [2.24, 2.45) is 0 Å². The van der Waals surface area contributed by atoms with Crippen LogP contribution < -0.4 is 5.32 Å². The van der Waals surface area contributed by atoms with Gasteiger partial charge in [0.15, 0.2) is 0 Å². The molecular weight excluding hydrogens is 286 g/mol. The predicted octanol–water partition coefficient (Wildman–Crippen LogP) is 3.74. The van der Waals surface area contributed by atoms with Crippen LogP contribution in [0.25, 0.3) is 5.57 Å². The number of nitrogens with one attached hydrogen (secondary N) is 1. The van der Waals surface area contributed by atoms with Crippen LogP contribution in [-0.2, 0) is 10.3 Å². The minimum Gasteiger partial charge on any atom is -0.466 e. The van der Waals surface area contributed by atoms with E-state index in [1.165, 1.54) is 0 Å². The van der Waals surface area contributed by atoms with Crippen LogP contribution >= 0.6 is 0 Å². The van der Waals surface area contributed by atoms with E-state index in [1.807, 2.05) is 78.9 Å².